The molecule has 156 valence electrons. The highest BCUT2D eigenvalue weighted by atomic mass is 35.5. The molecule has 3 nitrogen and oxygen atoms in total. The lowest BCUT2D eigenvalue weighted by atomic mass is 9.83. The fourth-order valence-corrected chi connectivity index (χ4v) is 4.26. The standard InChI is InChI=1S/C23H39ClO3/c1-5-6-15-23(2,3)16-11-13-19-18(20(24)17-21(19)25)12-9-7-8-10-14-22(26)27-4/h7,9,11,13,18-21,25H,5-6,8,10,12,14-17H2,1-4H3/b9-7-,13-11+/t18-,19-,20-,21-/m1/s1. The molecule has 0 aromatic heterocycles. The van der Waals surface area contributed by atoms with Crippen LogP contribution in [0.2, 0.25) is 0 Å². The Labute approximate surface area is 171 Å². The third-order valence-electron chi connectivity index (χ3n) is 5.66. The number of aliphatic hydroxyl groups is 1. The van der Waals surface area contributed by atoms with Gasteiger partial charge >= 0.3 is 5.97 Å². The molecular formula is C23H39ClO3. The smallest absolute Gasteiger partial charge is 0.305 e. The Balaban J connectivity index is 2.49. The Kier molecular flexibility index (Phi) is 11.3. The largest absolute Gasteiger partial charge is 0.469 e. The van der Waals surface area contributed by atoms with E-state index in [1.807, 2.05) is 0 Å². The summed E-state index contributed by atoms with van der Waals surface area (Å²) in [6, 6.07) is 0. The number of halogens is 1. The van der Waals surface area contributed by atoms with Crippen LogP contribution in [0, 0.1) is 17.3 Å². The minimum absolute atomic E-state index is 0.0162. The van der Waals surface area contributed by atoms with Crippen LogP contribution in [0.4, 0.5) is 0 Å². The van der Waals surface area contributed by atoms with Crippen LogP contribution in [0.5, 0.6) is 0 Å². The van der Waals surface area contributed by atoms with Crippen molar-refractivity contribution >= 4 is 17.6 Å². The molecule has 4 atom stereocenters. The van der Waals surface area contributed by atoms with Gasteiger partial charge in [0.05, 0.1) is 13.2 Å². The zero-order valence-corrected chi connectivity index (χ0v) is 18.4. The summed E-state index contributed by atoms with van der Waals surface area (Å²) in [6.45, 7) is 6.86. The number of allylic oxidation sites excluding steroid dienone is 3. The summed E-state index contributed by atoms with van der Waals surface area (Å²) < 4.78 is 4.65. The minimum atomic E-state index is -0.347. The molecule has 1 rings (SSSR count). The SMILES string of the molecule is CCCCC(C)(C)C/C=C/[C@@H]1[C@@H](C/C=C\CCCC(=O)OC)[C@H](Cl)C[C@H]1O. The third-order valence-corrected chi connectivity index (χ3v) is 6.16. The van der Waals surface area contributed by atoms with Gasteiger partial charge in [0.2, 0.25) is 0 Å². The molecule has 0 spiro atoms. The fraction of sp³-hybridized carbons (Fsp3) is 0.783. The first-order chi connectivity index (χ1) is 12.8. The first kappa shape index (κ1) is 24.2. The summed E-state index contributed by atoms with van der Waals surface area (Å²) in [5.41, 5.74) is 0.311. The van der Waals surface area contributed by atoms with Crippen LogP contribution >= 0.6 is 11.6 Å². The van der Waals surface area contributed by atoms with Crippen molar-refractivity contribution in [3.05, 3.63) is 24.3 Å². The number of carbonyl (C=O) groups excluding carboxylic acids is 1. The number of hydrogen-bond donors (Lipinski definition) is 1. The lowest BCUT2D eigenvalue weighted by Crippen LogP contribution is -2.18. The van der Waals surface area contributed by atoms with Crippen LogP contribution in [0.1, 0.15) is 78.6 Å². The maximum atomic E-state index is 11.1. The maximum absolute atomic E-state index is 11.1. The van der Waals surface area contributed by atoms with Gasteiger partial charge in [-0.1, -0.05) is 57.9 Å². The highest BCUT2D eigenvalue weighted by molar-refractivity contribution is 6.21. The second-order valence-electron chi connectivity index (χ2n) is 8.64. The summed E-state index contributed by atoms with van der Waals surface area (Å²) in [5, 5.41) is 10.4. The van der Waals surface area contributed by atoms with Crippen LogP contribution in [0.25, 0.3) is 0 Å². The van der Waals surface area contributed by atoms with Gasteiger partial charge in [-0.05, 0) is 49.9 Å². The zero-order valence-electron chi connectivity index (χ0n) is 17.6. The van der Waals surface area contributed by atoms with Gasteiger partial charge in [-0.3, -0.25) is 4.79 Å². The number of aliphatic hydroxyl groups excluding tert-OH is 1. The summed E-state index contributed by atoms with van der Waals surface area (Å²) in [5.74, 6) is 0.248. The molecule has 27 heavy (non-hydrogen) atoms. The van der Waals surface area contributed by atoms with Crippen molar-refractivity contribution in [3.8, 4) is 0 Å². The van der Waals surface area contributed by atoms with Gasteiger partial charge in [-0.25, -0.2) is 0 Å². The van der Waals surface area contributed by atoms with E-state index in [1.165, 1.54) is 26.4 Å². The van der Waals surface area contributed by atoms with Gasteiger partial charge in [0, 0.05) is 17.7 Å². The van der Waals surface area contributed by atoms with Gasteiger partial charge < -0.3 is 9.84 Å². The topological polar surface area (TPSA) is 46.5 Å². The number of rotatable bonds is 12. The van der Waals surface area contributed by atoms with Crippen LogP contribution in [-0.4, -0.2) is 29.7 Å². The van der Waals surface area contributed by atoms with Gasteiger partial charge in [-0.2, -0.15) is 0 Å². The summed E-state index contributed by atoms with van der Waals surface area (Å²) in [6.07, 6.45) is 16.8. The third kappa shape index (κ3) is 9.30. The fourth-order valence-electron chi connectivity index (χ4n) is 3.80. The van der Waals surface area contributed by atoms with E-state index in [0.717, 1.165) is 25.7 Å². The molecule has 1 aliphatic rings. The maximum Gasteiger partial charge on any atom is 0.305 e. The van der Waals surface area contributed by atoms with Crippen molar-refractivity contribution in [1.82, 2.24) is 0 Å². The van der Waals surface area contributed by atoms with Crippen molar-refractivity contribution in [2.75, 3.05) is 7.11 Å². The monoisotopic (exact) mass is 398 g/mol. The molecule has 0 bridgehead atoms. The van der Waals surface area contributed by atoms with Gasteiger partial charge in [0.1, 0.15) is 0 Å². The number of hydrogen-bond acceptors (Lipinski definition) is 3. The number of methoxy groups -OCH3 is 1. The second kappa shape index (κ2) is 12.6. The van der Waals surface area contributed by atoms with Crippen molar-refractivity contribution in [2.24, 2.45) is 17.3 Å². The van der Waals surface area contributed by atoms with Crippen LogP contribution in [0.3, 0.4) is 0 Å². The molecule has 0 amide bonds. The Morgan fingerprint density at radius 2 is 2.00 bits per heavy atom. The Bertz CT molecular complexity index is 484. The molecule has 0 heterocycles. The molecule has 0 unspecified atom stereocenters. The lowest BCUT2D eigenvalue weighted by molar-refractivity contribution is -0.140. The Morgan fingerprint density at radius 1 is 1.26 bits per heavy atom. The van der Waals surface area contributed by atoms with Crippen molar-refractivity contribution in [1.29, 1.82) is 0 Å². The molecule has 0 radical (unpaired) electrons. The average molecular weight is 399 g/mol. The molecule has 1 N–H and O–H groups in total. The highest BCUT2D eigenvalue weighted by Gasteiger charge is 2.39. The number of ether oxygens (including phenoxy) is 1. The van der Waals surface area contributed by atoms with Crippen LogP contribution in [0.15, 0.2) is 24.3 Å². The van der Waals surface area contributed by atoms with Crippen molar-refractivity contribution < 1.29 is 14.6 Å². The molecule has 1 aliphatic carbocycles. The van der Waals surface area contributed by atoms with E-state index in [0.29, 0.717) is 18.3 Å². The minimum Gasteiger partial charge on any atom is -0.469 e. The molecule has 1 fully saturated rings. The first-order valence-electron chi connectivity index (χ1n) is 10.5. The number of unbranched alkanes of at least 4 members (excludes halogenated alkanes) is 2. The highest BCUT2D eigenvalue weighted by Crippen LogP contribution is 2.40. The van der Waals surface area contributed by atoms with Gasteiger partial charge in [0.25, 0.3) is 0 Å². The number of carbonyl (C=O) groups is 1. The van der Waals surface area contributed by atoms with E-state index in [4.69, 9.17) is 11.6 Å². The predicted molar refractivity (Wildman–Crippen MR) is 114 cm³/mol. The predicted octanol–water partition coefficient (Wildman–Crippen LogP) is 6.04. The summed E-state index contributed by atoms with van der Waals surface area (Å²) in [4.78, 5) is 11.1. The van der Waals surface area contributed by atoms with Gasteiger partial charge in [-0.15, -0.1) is 11.6 Å². The van der Waals surface area contributed by atoms with E-state index in [2.05, 4.69) is 49.8 Å². The van der Waals surface area contributed by atoms with Crippen molar-refractivity contribution in [3.63, 3.8) is 0 Å². The van der Waals surface area contributed by atoms with Gasteiger partial charge in [0.15, 0.2) is 0 Å². The Morgan fingerprint density at radius 3 is 2.67 bits per heavy atom. The Hall–Kier alpha value is -0.800. The van der Waals surface area contributed by atoms with E-state index < -0.39 is 0 Å². The number of esters is 1. The normalized spacial score (nSPS) is 26.3. The number of alkyl halides is 1. The molecule has 4 heteroatoms. The zero-order chi connectivity index (χ0) is 20.3. The molecule has 0 aliphatic heterocycles. The van der Waals surface area contributed by atoms with Crippen molar-refractivity contribution in [2.45, 2.75) is 90.0 Å². The quantitative estimate of drug-likeness (QED) is 0.188. The van der Waals surface area contributed by atoms with E-state index in [-0.39, 0.29) is 29.3 Å². The second-order valence-corrected chi connectivity index (χ2v) is 9.20. The average Bonchev–Trinajstić information content (AvgIpc) is 2.89. The molecule has 0 saturated heterocycles. The summed E-state index contributed by atoms with van der Waals surface area (Å²) >= 11 is 6.52. The molecule has 1 saturated carbocycles. The first-order valence-corrected chi connectivity index (χ1v) is 10.9. The van der Waals surface area contributed by atoms with E-state index >= 15 is 0 Å². The van der Waals surface area contributed by atoms with E-state index in [1.54, 1.807) is 0 Å². The molecular weight excluding hydrogens is 360 g/mol. The van der Waals surface area contributed by atoms with Crippen LogP contribution in [-0.2, 0) is 9.53 Å². The molecule has 0 aromatic rings. The van der Waals surface area contributed by atoms with E-state index in [9.17, 15) is 9.90 Å². The summed E-state index contributed by atoms with van der Waals surface area (Å²) in [7, 11) is 1.42. The van der Waals surface area contributed by atoms with Crippen LogP contribution < -0.4 is 0 Å². The molecule has 0 aromatic carbocycles. The lowest BCUT2D eigenvalue weighted by Gasteiger charge is -2.24.